The molecule has 0 saturated carbocycles. The lowest BCUT2D eigenvalue weighted by Crippen LogP contribution is -2.49. The fraction of sp³-hybridized carbons (Fsp3) is 0.333. The van der Waals surface area contributed by atoms with E-state index in [1.165, 1.54) is 12.0 Å². The highest BCUT2D eigenvalue weighted by molar-refractivity contribution is 7.98. The zero-order chi connectivity index (χ0) is 20.1. The third-order valence-corrected chi connectivity index (χ3v) is 5.30. The molecule has 1 amide bonds. The van der Waals surface area contributed by atoms with Crippen molar-refractivity contribution in [3.63, 3.8) is 0 Å². The van der Waals surface area contributed by atoms with Gasteiger partial charge in [0.2, 0.25) is 12.0 Å². The number of hydrogen-bond acceptors (Lipinski definition) is 6. The second kappa shape index (κ2) is 9.12. The molecule has 0 unspecified atom stereocenters. The van der Waals surface area contributed by atoms with Crippen LogP contribution in [0.15, 0.2) is 53.4 Å². The van der Waals surface area contributed by atoms with Gasteiger partial charge in [-0.05, 0) is 43.1 Å². The summed E-state index contributed by atoms with van der Waals surface area (Å²) >= 11 is 1.70. The number of para-hydroxylation sites is 2. The number of ether oxygens (including phenoxy) is 2. The van der Waals surface area contributed by atoms with Gasteiger partial charge in [-0.25, -0.2) is 4.79 Å². The number of carbonyl (C=O) groups is 2. The van der Waals surface area contributed by atoms with Crippen LogP contribution >= 0.6 is 11.8 Å². The maximum atomic E-state index is 13.0. The van der Waals surface area contributed by atoms with Crippen molar-refractivity contribution in [2.24, 2.45) is 0 Å². The SMILES string of the molecule is COC(=O)[C@@H]1CN(C(=O)CN(C)Cc2ccc(SC)cc2)c2ccccc2O1. The largest absolute Gasteiger partial charge is 0.475 e. The molecule has 0 fully saturated rings. The molecule has 0 radical (unpaired) electrons. The molecular weight excluding hydrogens is 376 g/mol. The van der Waals surface area contributed by atoms with E-state index in [1.54, 1.807) is 22.7 Å². The van der Waals surface area contributed by atoms with E-state index in [9.17, 15) is 9.59 Å². The van der Waals surface area contributed by atoms with Gasteiger partial charge in [0.25, 0.3) is 0 Å². The van der Waals surface area contributed by atoms with Crippen LogP contribution in [0.25, 0.3) is 0 Å². The van der Waals surface area contributed by atoms with E-state index >= 15 is 0 Å². The smallest absolute Gasteiger partial charge is 0.348 e. The monoisotopic (exact) mass is 400 g/mol. The number of carbonyl (C=O) groups excluding carboxylic acids is 2. The van der Waals surface area contributed by atoms with Crippen molar-refractivity contribution in [3.05, 3.63) is 54.1 Å². The van der Waals surface area contributed by atoms with Crippen LogP contribution in [0.1, 0.15) is 5.56 Å². The van der Waals surface area contributed by atoms with Crippen LogP contribution in [0.3, 0.4) is 0 Å². The normalized spacial score (nSPS) is 15.7. The van der Waals surface area contributed by atoms with Crippen molar-refractivity contribution < 1.29 is 19.1 Å². The standard InChI is InChI=1S/C21H24N2O4S/c1-22(12-15-8-10-16(28-3)11-9-15)14-20(24)23-13-19(21(25)26-2)27-18-7-5-4-6-17(18)23/h4-11,19H,12-14H2,1-3H3/t19-/m0/s1. The summed E-state index contributed by atoms with van der Waals surface area (Å²) in [6, 6.07) is 15.5. The summed E-state index contributed by atoms with van der Waals surface area (Å²) in [4.78, 5) is 29.7. The average Bonchev–Trinajstić information content (AvgIpc) is 2.72. The van der Waals surface area contributed by atoms with Gasteiger partial charge in [0, 0.05) is 11.4 Å². The Morgan fingerprint density at radius 3 is 2.61 bits per heavy atom. The Morgan fingerprint density at radius 2 is 1.93 bits per heavy atom. The molecule has 1 atom stereocenters. The highest BCUT2D eigenvalue weighted by Gasteiger charge is 2.34. The number of likely N-dealkylation sites (N-methyl/N-ethyl adjacent to an activating group) is 1. The van der Waals surface area contributed by atoms with E-state index in [0.717, 1.165) is 5.56 Å². The van der Waals surface area contributed by atoms with Crippen LogP contribution in [0.5, 0.6) is 5.75 Å². The third-order valence-electron chi connectivity index (χ3n) is 4.56. The van der Waals surface area contributed by atoms with Crippen molar-refractivity contribution in [2.75, 3.05) is 38.4 Å². The minimum absolute atomic E-state index is 0.0899. The molecular formula is C21H24N2O4S. The number of rotatable bonds is 6. The molecule has 1 heterocycles. The van der Waals surface area contributed by atoms with Gasteiger partial charge in [0.1, 0.15) is 5.75 Å². The summed E-state index contributed by atoms with van der Waals surface area (Å²) in [6.07, 6.45) is 1.22. The van der Waals surface area contributed by atoms with Gasteiger partial charge in [-0.1, -0.05) is 24.3 Å². The number of esters is 1. The van der Waals surface area contributed by atoms with Crippen molar-refractivity contribution in [1.29, 1.82) is 0 Å². The summed E-state index contributed by atoms with van der Waals surface area (Å²) in [6.45, 7) is 1.03. The van der Waals surface area contributed by atoms with Crippen LogP contribution < -0.4 is 9.64 Å². The highest BCUT2D eigenvalue weighted by Crippen LogP contribution is 2.33. The predicted octanol–water partition coefficient (Wildman–Crippen LogP) is 2.81. The molecule has 6 nitrogen and oxygen atoms in total. The third kappa shape index (κ3) is 4.66. The highest BCUT2D eigenvalue weighted by atomic mass is 32.2. The van der Waals surface area contributed by atoms with Crippen molar-refractivity contribution in [3.8, 4) is 5.75 Å². The molecule has 0 aliphatic carbocycles. The molecule has 1 aliphatic rings. The Balaban J connectivity index is 1.70. The molecule has 0 spiro atoms. The summed E-state index contributed by atoms with van der Waals surface area (Å²) in [7, 11) is 3.22. The number of thioether (sulfide) groups is 1. The quantitative estimate of drug-likeness (QED) is 0.549. The van der Waals surface area contributed by atoms with Gasteiger partial charge in [-0.2, -0.15) is 0 Å². The average molecular weight is 401 g/mol. The number of amides is 1. The summed E-state index contributed by atoms with van der Waals surface area (Å²) in [5, 5.41) is 0. The van der Waals surface area contributed by atoms with Crippen LogP contribution in [0, 0.1) is 0 Å². The molecule has 0 saturated heterocycles. The fourth-order valence-corrected chi connectivity index (χ4v) is 3.55. The van der Waals surface area contributed by atoms with Gasteiger partial charge >= 0.3 is 5.97 Å². The number of benzene rings is 2. The van der Waals surface area contributed by atoms with E-state index in [-0.39, 0.29) is 19.0 Å². The van der Waals surface area contributed by atoms with Gasteiger partial charge in [0.05, 0.1) is 25.9 Å². The fourth-order valence-electron chi connectivity index (χ4n) is 3.14. The molecule has 2 aromatic rings. The maximum Gasteiger partial charge on any atom is 0.348 e. The first-order valence-electron chi connectivity index (χ1n) is 8.97. The van der Waals surface area contributed by atoms with Crippen molar-refractivity contribution in [1.82, 2.24) is 4.90 Å². The second-order valence-corrected chi connectivity index (χ2v) is 7.50. The molecule has 7 heteroatoms. The van der Waals surface area contributed by atoms with E-state index in [2.05, 4.69) is 24.3 Å². The molecule has 148 valence electrons. The van der Waals surface area contributed by atoms with E-state index in [4.69, 9.17) is 9.47 Å². The lowest BCUT2D eigenvalue weighted by molar-refractivity contribution is -0.148. The first-order chi connectivity index (χ1) is 13.5. The predicted molar refractivity (Wildman–Crippen MR) is 110 cm³/mol. The Hall–Kier alpha value is -2.51. The number of fused-ring (bicyclic) bond motifs is 1. The van der Waals surface area contributed by atoms with Crippen molar-refractivity contribution >= 4 is 29.3 Å². The molecule has 3 rings (SSSR count). The number of anilines is 1. The van der Waals surface area contributed by atoms with Crippen LogP contribution in [0.2, 0.25) is 0 Å². The van der Waals surface area contributed by atoms with Crippen LogP contribution in [0.4, 0.5) is 5.69 Å². The molecule has 0 N–H and O–H groups in total. The summed E-state index contributed by atoms with van der Waals surface area (Å²) < 4.78 is 10.5. The topological polar surface area (TPSA) is 59.1 Å². The number of nitrogens with zero attached hydrogens (tertiary/aromatic N) is 2. The molecule has 0 aromatic heterocycles. The summed E-state index contributed by atoms with van der Waals surface area (Å²) in [5.74, 6) is -0.0739. The van der Waals surface area contributed by atoms with Gasteiger partial charge < -0.3 is 14.4 Å². The Kier molecular flexibility index (Phi) is 6.59. The van der Waals surface area contributed by atoms with Crippen LogP contribution in [-0.2, 0) is 20.9 Å². The molecule has 2 aromatic carbocycles. The molecule has 0 bridgehead atoms. The lowest BCUT2D eigenvalue weighted by Gasteiger charge is -2.34. The van der Waals surface area contributed by atoms with E-state index in [1.807, 2.05) is 36.4 Å². The Morgan fingerprint density at radius 1 is 1.21 bits per heavy atom. The minimum atomic E-state index is -0.826. The minimum Gasteiger partial charge on any atom is -0.475 e. The Bertz CT molecular complexity index is 841. The molecule has 1 aliphatic heterocycles. The van der Waals surface area contributed by atoms with Gasteiger partial charge in [-0.15, -0.1) is 11.8 Å². The zero-order valence-electron chi connectivity index (χ0n) is 16.3. The molecule has 28 heavy (non-hydrogen) atoms. The van der Waals surface area contributed by atoms with Gasteiger partial charge in [0.15, 0.2) is 0 Å². The zero-order valence-corrected chi connectivity index (χ0v) is 17.1. The maximum absolute atomic E-state index is 13.0. The van der Waals surface area contributed by atoms with Gasteiger partial charge in [-0.3, -0.25) is 9.69 Å². The first-order valence-corrected chi connectivity index (χ1v) is 10.2. The number of methoxy groups -OCH3 is 1. The van der Waals surface area contributed by atoms with E-state index in [0.29, 0.717) is 18.0 Å². The summed E-state index contributed by atoms with van der Waals surface area (Å²) in [5.41, 5.74) is 1.81. The first kappa shape index (κ1) is 20.2. The van der Waals surface area contributed by atoms with Crippen molar-refractivity contribution in [2.45, 2.75) is 17.5 Å². The van der Waals surface area contributed by atoms with E-state index < -0.39 is 12.1 Å². The Labute approximate surface area is 169 Å². The lowest BCUT2D eigenvalue weighted by atomic mass is 10.1. The number of hydrogen-bond donors (Lipinski definition) is 0. The van der Waals surface area contributed by atoms with Crippen LogP contribution in [-0.4, -0.2) is 56.4 Å². The second-order valence-electron chi connectivity index (χ2n) is 6.62.